The zero-order valence-electron chi connectivity index (χ0n) is 10.3. The van der Waals surface area contributed by atoms with Gasteiger partial charge in [0.15, 0.2) is 0 Å². The molecule has 0 atom stereocenters. The predicted octanol–water partition coefficient (Wildman–Crippen LogP) is 3.88. The van der Waals surface area contributed by atoms with Gasteiger partial charge >= 0.3 is 0 Å². The normalized spacial score (nSPS) is 11.2. The lowest BCUT2D eigenvalue weighted by Gasteiger charge is -2.29. The summed E-state index contributed by atoms with van der Waals surface area (Å²) < 4.78 is 6.17. The number of aldehydes is 1. The number of carbonyl (C=O) groups excluding carboxylic acids is 1. The van der Waals surface area contributed by atoms with Crippen molar-refractivity contribution in [2.75, 3.05) is 0 Å². The number of hydrogen-bond donors (Lipinski definition) is 0. The van der Waals surface area contributed by atoms with Gasteiger partial charge < -0.3 is 4.43 Å². The summed E-state index contributed by atoms with van der Waals surface area (Å²) in [5, 5.41) is 0. The van der Waals surface area contributed by atoms with Gasteiger partial charge in [0, 0.05) is 5.56 Å². The van der Waals surface area contributed by atoms with E-state index >= 15 is 0 Å². The van der Waals surface area contributed by atoms with Crippen LogP contribution in [0.25, 0.3) is 0 Å². The van der Waals surface area contributed by atoms with Gasteiger partial charge in [-0.1, -0.05) is 32.9 Å². The van der Waals surface area contributed by atoms with E-state index in [1.165, 1.54) is 0 Å². The summed E-state index contributed by atoms with van der Waals surface area (Å²) in [6, 6.07) is 10.8. The first-order valence-corrected chi connectivity index (χ1v) is 8.47. The fraction of sp³-hybridized carbons (Fsp3) is 0.462. The molecule has 0 aliphatic carbocycles. The first kappa shape index (κ1) is 13.0. The molecule has 0 heterocycles. The smallest absolute Gasteiger partial charge is 0.250 e. The lowest BCUT2D eigenvalue weighted by Crippen LogP contribution is -2.39. The first-order chi connectivity index (χ1) is 7.69. The Hall–Kier alpha value is -1.09. The molecule has 88 valence electrons. The van der Waals surface area contributed by atoms with Gasteiger partial charge in [-0.15, -0.1) is 0 Å². The van der Waals surface area contributed by atoms with Crippen molar-refractivity contribution in [2.45, 2.75) is 38.9 Å². The second-order valence-corrected chi connectivity index (χ2v) is 8.73. The van der Waals surface area contributed by atoms with E-state index in [1.807, 2.05) is 18.2 Å². The fourth-order valence-corrected chi connectivity index (χ4v) is 4.43. The minimum absolute atomic E-state index is 0.684. The maximum atomic E-state index is 10.7. The second kappa shape index (κ2) is 5.85. The highest BCUT2D eigenvalue weighted by Crippen LogP contribution is 2.25. The molecule has 1 rings (SSSR count). The molecule has 1 aromatic carbocycles. The van der Waals surface area contributed by atoms with Crippen molar-refractivity contribution in [3.05, 3.63) is 29.8 Å². The van der Waals surface area contributed by atoms with Crippen LogP contribution < -0.4 is 4.43 Å². The minimum Gasteiger partial charge on any atom is -0.543 e. The van der Waals surface area contributed by atoms with E-state index < -0.39 is 8.32 Å². The van der Waals surface area contributed by atoms with Gasteiger partial charge in [0.05, 0.1) is 0 Å². The third-order valence-electron chi connectivity index (χ3n) is 3.26. The average molecular weight is 236 g/mol. The van der Waals surface area contributed by atoms with Crippen LogP contribution in [0.5, 0.6) is 5.75 Å². The number of hydrogen-bond acceptors (Lipinski definition) is 2. The Bertz CT molecular complexity index is 337. The van der Waals surface area contributed by atoms with Crippen LogP contribution in [-0.2, 0) is 0 Å². The molecule has 0 fully saturated rings. The van der Waals surface area contributed by atoms with Crippen LogP contribution in [0.3, 0.4) is 0 Å². The third-order valence-corrected chi connectivity index (χ3v) is 7.80. The molecule has 0 bridgehead atoms. The molecule has 1 aromatic rings. The molecule has 16 heavy (non-hydrogen) atoms. The number of benzene rings is 1. The fourth-order valence-electron chi connectivity index (χ4n) is 1.87. The van der Waals surface area contributed by atoms with Crippen molar-refractivity contribution in [1.82, 2.24) is 0 Å². The van der Waals surface area contributed by atoms with E-state index in [0.29, 0.717) is 5.56 Å². The minimum atomic E-state index is -1.61. The van der Waals surface area contributed by atoms with Crippen LogP contribution in [0.4, 0.5) is 0 Å². The summed E-state index contributed by atoms with van der Waals surface area (Å²) in [5.41, 5.74) is 0.684. The molecule has 0 spiro atoms. The maximum absolute atomic E-state index is 10.7. The molecule has 0 unspecified atom stereocenters. The summed E-state index contributed by atoms with van der Waals surface area (Å²) in [6.45, 7) is 6.59. The highest BCUT2D eigenvalue weighted by molar-refractivity contribution is 6.74. The molecule has 0 aliphatic heterocycles. The molecule has 0 N–H and O–H groups in total. The van der Waals surface area contributed by atoms with Crippen LogP contribution >= 0.6 is 0 Å². The van der Waals surface area contributed by atoms with Crippen molar-refractivity contribution >= 4 is 14.6 Å². The van der Waals surface area contributed by atoms with Crippen molar-refractivity contribution in [3.63, 3.8) is 0 Å². The van der Waals surface area contributed by atoms with Crippen molar-refractivity contribution in [3.8, 4) is 5.75 Å². The number of rotatable bonds is 6. The first-order valence-electron chi connectivity index (χ1n) is 5.94. The lowest BCUT2D eigenvalue weighted by molar-refractivity contribution is 0.112. The summed E-state index contributed by atoms with van der Waals surface area (Å²) in [5.74, 6) is 0.849. The highest BCUT2D eigenvalue weighted by atomic mass is 28.4. The van der Waals surface area contributed by atoms with E-state index in [9.17, 15) is 4.79 Å². The van der Waals surface area contributed by atoms with Gasteiger partial charge in [-0.25, -0.2) is 0 Å². The Morgan fingerprint density at radius 1 is 1.19 bits per heavy atom. The second-order valence-electron chi connectivity index (χ2n) is 4.04. The van der Waals surface area contributed by atoms with E-state index in [4.69, 9.17) is 4.43 Å². The van der Waals surface area contributed by atoms with Crippen LogP contribution in [0, 0.1) is 0 Å². The molecule has 0 saturated carbocycles. The molecular formula is C13H20O2Si. The quantitative estimate of drug-likeness (QED) is 0.553. The Morgan fingerprint density at radius 3 is 2.31 bits per heavy atom. The van der Waals surface area contributed by atoms with Gasteiger partial charge in [0.1, 0.15) is 12.0 Å². The molecule has 0 saturated heterocycles. The zero-order valence-corrected chi connectivity index (χ0v) is 11.3. The van der Waals surface area contributed by atoms with Crippen molar-refractivity contribution in [1.29, 1.82) is 0 Å². The standard InChI is InChI=1S/C13H20O2Si/c1-4-16(5-2,6-3)15-13-9-7-8-12(10-13)11-14/h7-11H,4-6H2,1-3H3. The Labute approximate surface area is 98.8 Å². The van der Waals surface area contributed by atoms with E-state index in [-0.39, 0.29) is 0 Å². The Morgan fingerprint density at radius 2 is 1.81 bits per heavy atom. The van der Waals surface area contributed by atoms with Crippen LogP contribution in [-0.4, -0.2) is 14.6 Å². The van der Waals surface area contributed by atoms with Gasteiger partial charge in [-0.05, 0) is 30.3 Å². The molecule has 2 nitrogen and oxygen atoms in total. The van der Waals surface area contributed by atoms with Gasteiger partial charge in [0.2, 0.25) is 8.32 Å². The van der Waals surface area contributed by atoms with Gasteiger partial charge in [-0.2, -0.15) is 0 Å². The summed E-state index contributed by atoms with van der Waals surface area (Å²) in [6.07, 6.45) is 0.861. The van der Waals surface area contributed by atoms with Crippen LogP contribution in [0.15, 0.2) is 24.3 Å². The van der Waals surface area contributed by atoms with Crippen molar-refractivity contribution in [2.24, 2.45) is 0 Å². The molecule has 0 aliphatic rings. The maximum Gasteiger partial charge on any atom is 0.250 e. The topological polar surface area (TPSA) is 26.3 Å². The highest BCUT2D eigenvalue weighted by Gasteiger charge is 2.30. The summed E-state index contributed by atoms with van der Waals surface area (Å²) in [7, 11) is -1.61. The molecule has 0 amide bonds. The predicted molar refractivity (Wildman–Crippen MR) is 69.7 cm³/mol. The van der Waals surface area contributed by atoms with E-state index in [1.54, 1.807) is 6.07 Å². The molecule has 0 aromatic heterocycles. The summed E-state index contributed by atoms with van der Waals surface area (Å²) >= 11 is 0. The largest absolute Gasteiger partial charge is 0.543 e. The van der Waals surface area contributed by atoms with Crippen LogP contribution in [0.1, 0.15) is 31.1 Å². The van der Waals surface area contributed by atoms with Crippen molar-refractivity contribution < 1.29 is 9.22 Å². The number of carbonyl (C=O) groups is 1. The Kier molecular flexibility index (Phi) is 4.74. The van der Waals surface area contributed by atoms with Gasteiger partial charge in [-0.3, -0.25) is 4.79 Å². The molecule has 0 radical (unpaired) electrons. The molecule has 3 heteroatoms. The molecular weight excluding hydrogens is 216 g/mol. The van der Waals surface area contributed by atoms with E-state index in [2.05, 4.69) is 20.8 Å². The van der Waals surface area contributed by atoms with E-state index in [0.717, 1.165) is 30.2 Å². The lowest BCUT2D eigenvalue weighted by atomic mass is 10.2. The van der Waals surface area contributed by atoms with Gasteiger partial charge in [0.25, 0.3) is 0 Å². The monoisotopic (exact) mass is 236 g/mol. The zero-order chi connectivity index (χ0) is 12.0. The summed E-state index contributed by atoms with van der Waals surface area (Å²) in [4.78, 5) is 10.7. The van der Waals surface area contributed by atoms with Crippen LogP contribution in [0.2, 0.25) is 18.1 Å². The average Bonchev–Trinajstić information content (AvgIpc) is 2.36. The Balaban J connectivity index is 2.88. The SMILES string of the molecule is CC[Si](CC)(CC)Oc1cccc(C=O)c1. The third kappa shape index (κ3) is 2.95.